The van der Waals surface area contributed by atoms with Gasteiger partial charge in [0.2, 0.25) is 15.9 Å². The first kappa shape index (κ1) is 18.2. The fourth-order valence-corrected chi connectivity index (χ4v) is 3.25. The molecule has 0 radical (unpaired) electrons. The summed E-state index contributed by atoms with van der Waals surface area (Å²) in [4.78, 5) is 12.1. The second-order valence-corrected chi connectivity index (χ2v) is 7.29. The Labute approximate surface area is 143 Å². The van der Waals surface area contributed by atoms with Gasteiger partial charge in [-0.1, -0.05) is 49.4 Å². The lowest BCUT2D eigenvalue weighted by Gasteiger charge is -2.14. The molecule has 0 bridgehead atoms. The predicted molar refractivity (Wildman–Crippen MR) is 94.0 cm³/mol. The van der Waals surface area contributed by atoms with Crippen LogP contribution < -0.4 is 10.0 Å². The van der Waals surface area contributed by atoms with E-state index in [2.05, 4.69) is 10.0 Å². The molecule has 0 aliphatic rings. The van der Waals surface area contributed by atoms with E-state index in [-0.39, 0.29) is 23.4 Å². The summed E-state index contributed by atoms with van der Waals surface area (Å²) < 4.78 is 26.7. The Hall–Kier alpha value is -2.18. The van der Waals surface area contributed by atoms with Gasteiger partial charge < -0.3 is 5.32 Å². The molecule has 5 nitrogen and oxygen atoms in total. The van der Waals surface area contributed by atoms with Gasteiger partial charge in [0.05, 0.1) is 17.5 Å². The zero-order valence-corrected chi connectivity index (χ0v) is 14.6. The first-order valence-electron chi connectivity index (χ1n) is 7.85. The van der Waals surface area contributed by atoms with Crippen molar-refractivity contribution in [2.75, 3.05) is 6.54 Å². The Morgan fingerprint density at radius 2 is 1.67 bits per heavy atom. The number of amides is 1. The number of benzene rings is 2. The molecular formula is C18H22N2O3S. The third-order valence-electron chi connectivity index (χ3n) is 3.74. The van der Waals surface area contributed by atoms with Crippen molar-refractivity contribution in [2.24, 2.45) is 0 Å². The van der Waals surface area contributed by atoms with Crippen molar-refractivity contribution >= 4 is 15.9 Å². The van der Waals surface area contributed by atoms with Gasteiger partial charge in [-0.2, -0.15) is 0 Å². The average molecular weight is 346 g/mol. The van der Waals surface area contributed by atoms with Gasteiger partial charge in [0.15, 0.2) is 0 Å². The van der Waals surface area contributed by atoms with Gasteiger partial charge >= 0.3 is 0 Å². The van der Waals surface area contributed by atoms with Crippen LogP contribution in [-0.4, -0.2) is 20.9 Å². The van der Waals surface area contributed by atoms with Crippen LogP contribution in [0.4, 0.5) is 0 Å². The minimum atomic E-state index is -3.69. The number of carbonyl (C=O) groups excluding carboxylic acids is 1. The van der Waals surface area contributed by atoms with E-state index in [9.17, 15) is 13.2 Å². The van der Waals surface area contributed by atoms with Gasteiger partial charge in [0.1, 0.15) is 0 Å². The monoisotopic (exact) mass is 346 g/mol. The number of nitrogens with one attached hydrogen (secondary N) is 2. The SMILES string of the molecule is CCc1ccc(S(=O)(=O)NCC(=O)NC(C)c2ccccc2)cc1. The summed E-state index contributed by atoms with van der Waals surface area (Å²) in [6.45, 7) is 3.56. The Balaban J connectivity index is 1.92. The third-order valence-corrected chi connectivity index (χ3v) is 5.16. The highest BCUT2D eigenvalue weighted by atomic mass is 32.2. The lowest BCUT2D eigenvalue weighted by Crippen LogP contribution is -2.38. The second-order valence-electron chi connectivity index (χ2n) is 5.52. The topological polar surface area (TPSA) is 75.3 Å². The highest BCUT2D eigenvalue weighted by molar-refractivity contribution is 7.89. The molecule has 0 aliphatic heterocycles. The predicted octanol–water partition coefficient (Wildman–Crippen LogP) is 2.40. The molecule has 24 heavy (non-hydrogen) atoms. The number of sulfonamides is 1. The lowest BCUT2D eigenvalue weighted by atomic mass is 10.1. The van der Waals surface area contributed by atoms with Crippen molar-refractivity contribution in [1.82, 2.24) is 10.0 Å². The van der Waals surface area contributed by atoms with Gasteiger partial charge in [-0.25, -0.2) is 13.1 Å². The Morgan fingerprint density at radius 1 is 1.04 bits per heavy atom. The molecule has 2 aromatic carbocycles. The molecule has 0 fully saturated rings. The molecule has 0 heterocycles. The van der Waals surface area contributed by atoms with Gasteiger partial charge in [-0.3, -0.25) is 4.79 Å². The van der Waals surface area contributed by atoms with Crippen molar-refractivity contribution in [3.8, 4) is 0 Å². The summed E-state index contributed by atoms with van der Waals surface area (Å²) in [5, 5.41) is 2.77. The molecule has 0 spiro atoms. The summed E-state index contributed by atoms with van der Waals surface area (Å²) in [6, 6.07) is 15.9. The normalized spacial score (nSPS) is 12.6. The largest absolute Gasteiger partial charge is 0.348 e. The average Bonchev–Trinajstić information content (AvgIpc) is 2.61. The third kappa shape index (κ3) is 4.91. The number of carbonyl (C=O) groups is 1. The van der Waals surface area contributed by atoms with Crippen molar-refractivity contribution < 1.29 is 13.2 Å². The summed E-state index contributed by atoms with van der Waals surface area (Å²) in [5.41, 5.74) is 2.02. The van der Waals surface area contributed by atoms with E-state index in [0.29, 0.717) is 0 Å². The van der Waals surface area contributed by atoms with Gasteiger partial charge in [0, 0.05) is 0 Å². The lowest BCUT2D eigenvalue weighted by molar-refractivity contribution is -0.120. The quantitative estimate of drug-likeness (QED) is 0.808. The second kappa shape index (κ2) is 8.08. The van der Waals surface area contributed by atoms with Crippen LogP contribution in [0.15, 0.2) is 59.5 Å². The zero-order chi connectivity index (χ0) is 17.6. The van der Waals surface area contributed by atoms with Crippen LogP contribution in [0.5, 0.6) is 0 Å². The Bertz CT molecular complexity index is 772. The maximum atomic E-state index is 12.2. The molecule has 0 aromatic heterocycles. The molecule has 1 unspecified atom stereocenters. The van der Waals surface area contributed by atoms with Gasteiger partial charge in [0.25, 0.3) is 0 Å². The van der Waals surface area contributed by atoms with E-state index in [0.717, 1.165) is 17.5 Å². The van der Waals surface area contributed by atoms with E-state index in [4.69, 9.17) is 0 Å². The molecule has 0 aliphatic carbocycles. The van der Waals surface area contributed by atoms with Crippen LogP contribution in [0, 0.1) is 0 Å². The Morgan fingerprint density at radius 3 is 2.25 bits per heavy atom. The van der Waals surface area contributed by atoms with E-state index in [1.165, 1.54) is 0 Å². The minimum Gasteiger partial charge on any atom is -0.348 e. The van der Waals surface area contributed by atoms with Crippen LogP contribution in [0.2, 0.25) is 0 Å². The molecule has 1 atom stereocenters. The molecule has 1 amide bonds. The molecule has 6 heteroatoms. The van der Waals surface area contributed by atoms with Crippen LogP contribution in [0.1, 0.15) is 31.0 Å². The fraction of sp³-hybridized carbons (Fsp3) is 0.278. The summed E-state index contributed by atoms with van der Waals surface area (Å²) in [6.07, 6.45) is 0.841. The number of hydrogen-bond donors (Lipinski definition) is 2. The van der Waals surface area contributed by atoms with Crippen LogP contribution >= 0.6 is 0 Å². The van der Waals surface area contributed by atoms with Crippen molar-refractivity contribution in [3.05, 3.63) is 65.7 Å². The Kier molecular flexibility index (Phi) is 6.11. The maximum absolute atomic E-state index is 12.2. The maximum Gasteiger partial charge on any atom is 0.241 e. The number of rotatable bonds is 7. The van der Waals surface area contributed by atoms with Crippen LogP contribution in [-0.2, 0) is 21.2 Å². The molecule has 128 valence electrons. The van der Waals surface area contributed by atoms with E-state index < -0.39 is 10.0 Å². The minimum absolute atomic E-state index is 0.156. The number of aryl methyl sites for hydroxylation is 1. The highest BCUT2D eigenvalue weighted by Crippen LogP contribution is 2.12. The first-order valence-corrected chi connectivity index (χ1v) is 9.33. The van der Waals surface area contributed by atoms with E-state index in [1.54, 1.807) is 24.3 Å². The van der Waals surface area contributed by atoms with Crippen molar-refractivity contribution in [2.45, 2.75) is 31.2 Å². The molecule has 2 aromatic rings. The highest BCUT2D eigenvalue weighted by Gasteiger charge is 2.16. The molecule has 2 rings (SSSR count). The molecule has 0 saturated carbocycles. The summed E-state index contributed by atoms with van der Waals surface area (Å²) in [7, 11) is -3.69. The van der Waals surface area contributed by atoms with Crippen molar-refractivity contribution in [3.63, 3.8) is 0 Å². The smallest absolute Gasteiger partial charge is 0.241 e. The summed E-state index contributed by atoms with van der Waals surface area (Å²) >= 11 is 0. The van der Waals surface area contributed by atoms with Crippen LogP contribution in [0.25, 0.3) is 0 Å². The standard InChI is InChI=1S/C18H22N2O3S/c1-3-15-9-11-17(12-10-15)24(22,23)19-13-18(21)20-14(2)16-7-5-4-6-8-16/h4-12,14,19H,3,13H2,1-2H3,(H,20,21). The fourth-order valence-electron chi connectivity index (χ4n) is 2.27. The molecule has 0 saturated heterocycles. The summed E-state index contributed by atoms with van der Waals surface area (Å²) in [5.74, 6) is -0.375. The van der Waals surface area contributed by atoms with Crippen molar-refractivity contribution in [1.29, 1.82) is 0 Å². The van der Waals surface area contributed by atoms with E-state index in [1.807, 2.05) is 44.2 Å². The first-order chi connectivity index (χ1) is 11.4. The van der Waals surface area contributed by atoms with Crippen LogP contribution in [0.3, 0.4) is 0 Å². The van der Waals surface area contributed by atoms with E-state index >= 15 is 0 Å². The zero-order valence-electron chi connectivity index (χ0n) is 13.8. The number of hydrogen-bond acceptors (Lipinski definition) is 3. The molecular weight excluding hydrogens is 324 g/mol. The van der Waals surface area contributed by atoms with Gasteiger partial charge in [-0.15, -0.1) is 0 Å². The van der Waals surface area contributed by atoms with Gasteiger partial charge in [-0.05, 0) is 36.6 Å². The molecule has 2 N–H and O–H groups in total.